The average Bonchev–Trinajstić information content (AvgIpc) is 2.60. The summed E-state index contributed by atoms with van der Waals surface area (Å²) in [6, 6.07) is 14.0. The zero-order valence-corrected chi connectivity index (χ0v) is 14.6. The standard InChI is InChI=1S/C20H25NO3/c1-15(2)14-24-20-11-17(8-9-19(20)23-4)13-21-12-16-6-5-7-18(10-16)22-3/h5-11,21H,1,12-14H2,2-4H3. The van der Waals surface area contributed by atoms with Crippen molar-refractivity contribution in [1.82, 2.24) is 5.32 Å². The Labute approximate surface area is 144 Å². The van der Waals surface area contributed by atoms with Crippen LogP contribution in [0.2, 0.25) is 0 Å². The van der Waals surface area contributed by atoms with Crippen LogP contribution in [0.25, 0.3) is 0 Å². The van der Waals surface area contributed by atoms with Crippen LogP contribution in [-0.4, -0.2) is 20.8 Å². The number of benzene rings is 2. The monoisotopic (exact) mass is 327 g/mol. The van der Waals surface area contributed by atoms with Gasteiger partial charge in [0.05, 0.1) is 14.2 Å². The topological polar surface area (TPSA) is 39.7 Å². The number of ether oxygens (including phenoxy) is 3. The summed E-state index contributed by atoms with van der Waals surface area (Å²) in [5.74, 6) is 2.34. The first-order chi connectivity index (χ1) is 11.6. The van der Waals surface area contributed by atoms with Crippen molar-refractivity contribution < 1.29 is 14.2 Å². The summed E-state index contributed by atoms with van der Waals surface area (Å²) in [7, 11) is 3.32. The van der Waals surface area contributed by atoms with E-state index < -0.39 is 0 Å². The molecule has 2 aromatic rings. The predicted octanol–water partition coefficient (Wildman–Crippen LogP) is 3.95. The summed E-state index contributed by atoms with van der Waals surface area (Å²) >= 11 is 0. The summed E-state index contributed by atoms with van der Waals surface area (Å²) in [6.45, 7) is 7.79. The van der Waals surface area contributed by atoms with Crippen LogP contribution in [0.5, 0.6) is 17.2 Å². The Morgan fingerprint density at radius 1 is 0.958 bits per heavy atom. The Bertz CT molecular complexity index is 682. The lowest BCUT2D eigenvalue weighted by Gasteiger charge is -2.13. The molecular weight excluding hydrogens is 302 g/mol. The first-order valence-corrected chi connectivity index (χ1v) is 7.90. The van der Waals surface area contributed by atoms with Crippen LogP contribution in [0.4, 0.5) is 0 Å². The summed E-state index contributed by atoms with van der Waals surface area (Å²) in [6.07, 6.45) is 0. The number of rotatable bonds is 9. The molecule has 0 bridgehead atoms. The maximum atomic E-state index is 5.76. The molecule has 0 amide bonds. The van der Waals surface area contributed by atoms with Crippen LogP contribution in [-0.2, 0) is 13.1 Å². The minimum absolute atomic E-state index is 0.483. The van der Waals surface area contributed by atoms with Crippen molar-refractivity contribution in [3.05, 3.63) is 65.7 Å². The van der Waals surface area contributed by atoms with E-state index in [1.807, 2.05) is 43.3 Å². The molecule has 2 aromatic carbocycles. The van der Waals surface area contributed by atoms with Crippen molar-refractivity contribution in [2.45, 2.75) is 20.0 Å². The molecule has 4 heteroatoms. The third kappa shape index (κ3) is 5.32. The van der Waals surface area contributed by atoms with Crippen LogP contribution in [0, 0.1) is 0 Å². The van der Waals surface area contributed by atoms with Crippen molar-refractivity contribution in [3.63, 3.8) is 0 Å². The van der Waals surface area contributed by atoms with Gasteiger partial charge in [0.2, 0.25) is 0 Å². The molecular formula is C20H25NO3. The van der Waals surface area contributed by atoms with Gasteiger partial charge in [-0.05, 0) is 47.9 Å². The van der Waals surface area contributed by atoms with Gasteiger partial charge in [-0.25, -0.2) is 0 Å². The van der Waals surface area contributed by atoms with Gasteiger partial charge in [0, 0.05) is 13.1 Å². The quantitative estimate of drug-likeness (QED) is 0.708. The van der Waals surface area contributed by atoms with Gasteiger partial charge in [0.15, 0.2) is 11.5 Å². The highest BCUT2D eigenvalue weighted by atomic mass is 16.5. The number of nitrogens with one attached hydrogen (secondary N) is 1. The van der Waals surface area contributed by atoms with Crippen LogP contribution in [0.1, 0.15) is 18.1 Å². The van der Waals surface area contributed by atoms with Crippen LogP contribution >= 0.6 is 0 Å². The van der Waals surface area contributed by atoms with E-state index in [1.165, 1.54) is 5.56 Å². The molecule has 0 saturated carbocycles. The van der Waals surface area contributed by atoms with Crippen molar-refractivity contribution in [3.8, 4) is 17.2 Å². The molecule has 0 aliphatic heterocycles. The van der Waals surface area contributed by atoms with Gasteiger partial charge in [0.25, 0.3) is 0 Å². The Morgan fingerprint density at radius 2 is 1.71 bits per heavy atom. The van der Waals surface area contributed by atoms with Crippen LogP contribution < -0.4 is 19.5 Å². The molecule has 0 spiro atoms. The van der Waals surface area contributed by atoms with E-state index in [-0.39, 0.29) is 0 Å². The third-order valence-corrected chi connectivity index (χ3v) is 3.49. The zero-order chi connectivity index (χ0) is 17.4. The van der Waals surface area contributed by atoms with Crippen molar-refractivity contribution in [1.29, 1.82) is 0 Å². The van der Waals surface area contributed by atoms with Crippen LogP contribution in [0.3, 0.4) is 0 Å². The lowest BCUT2D eigenvalue weighted by Crippen LogP contribution is -2.13. The maximum Gasteiger partial charge on any atom is 0.161 e. The van der Waals surface area contributed by atoms with Gasteiger partial charge in [-0.15, -0.1) is 0 Å². The van der Waals surface area contributed by atoms with Crippen molar-refractivity contribution in [2.24, 2.45) is 0 Å². The van der Waals surface area contributed by atoms with Gasteiger partial charge in [0.1, 0.15) is 12.4 Å². The third-order valence-electron chi connectivity index (χ3n) is 3.49. The molecule has 24 heavy (non-hydrogen) atoms. The summed E-state index contributed by atoms with van der Waals surface area (Å²) < 4.78 is 16.3. The normalized spacial score (nSPS) is 10.3. The molecule has 2 rings (SSSR count). The van der Waals surface area contributed by atoms with E-state index in [4.69, 9.17) is 14.2 Å². The lowest BCUT2D eigenvalue weighted by atomic mass is 10.1. The van der Waals surface area contributed by atoms with Gasteiger partial charge in [-0.1, -0.05) is 24.8 Å². The molecule has 0 fully saturated rings. The fourth-order valence-corrected chi connectivity index (χ4v) is 2.28. The summed E-state index contributed by atoms with van der Waals surface area (Å²) in [5.41, 5.74) is 3.29. The minimum Gasteiger partial charge on any atom is -0.497 e. The maximum absolute atomic E-state index is 5.76. The zero-order valence-electron chi connectivity index (χ0n) is 14.6. The summed E-state index contributed by atoms with van der Waals surface area (Å²) in [4.78, 5) is 0. The molecule has 0 aliphatic rings. The molecule has 0 heterocycles. The van der Waals surface area contributed by atoms with E-state index >= 15 is 0 Å². The fraction of sp³-hybridized carbons (Fsp3) is 0.300. The van der Waals surface area contributed by atoms with Gasteiger partial charge in [-0.3, -0.25) is 0 Å². The smallest absolute Gasteiger partial charge is 0.161 e. The Hall–Kier alpha value is -2.46. The molecule has 128 valence electrons. The highest BCUT2D eigenvalue weighted by molar-refractivity contribution is 5.43. The predicted molar refractivity (Wildman–Crippen MR) is 96.8 cm³/mol. The van der Waals surface area contributed by atoms with E-state index in [0.29, 0.717) is 6.61 Å². The second-order valence-corrected chi connectivity index (χ2v) is 5.69. The van der Waals surface area contributed by atoms with Gasteiger partial charge < -0.3 is 19.5 Å². The molecule has 0 radical (unpaired) electrons. The number of methoxy groups -OCH3 is 2. The van der Waals surface area contributed by atoms with Crippen molar-refractivity contribution >= 4 is 0 Å². The van der Waals surface area contributed by atoms with E-state index in [1.54, 1.807) is 14.2 Å². The minimum atomic E-state index is 0.483. The largest absolute Gasteiger partial charge is 0.497 e. The second kappa shape index (κ2) is 8.99. The Morgan fingerprint density at radius 3 is 2.38 bits per heavy atom. The van der Waals surface area contributed by atoms with E-state index in [9.17, 15) is 0 Å². The van der Waals surface area contributed by atoms with E-state index in [0.717, 1.165) is 41.5 Å². The average molecular weight is 327 g/mol. The highest BCUT2D eigenvalue weighted by Gasteiger charge is 2.06. The molecule has 1 N–H and O–H groups in total. The first kappa shape index (κ1) is 17.9. The molecule has 0 unspecified atom stereocenters. The summed E-state index contributed by atoms with van der Waals surface area (Å²) in [5, 5.41) is 3.43. The Kier molecular flexibility index (Phi) is 6.70. The van der Waals surface area contributed by atoms with Crippen LogP contribution in [0.15, 0.2) is 54.6 Å². The molecule has 4 nitrogen and oxygen atoms in total. The highest BCUT2D eigenvalue weighted by Crippen LogP contribution is 2.28. The SMILES string of the molecule is C=C(C)COc1cc(CNCc2cccc(OC)c2)ccc1OC. The lowest BCUT2D eigenvalue weighted by molar-refractivity contribution is 0.319. The molecule has 0 aromatic heterocycles. The number of hydrogen-bond acceptors (Lipinski definition) is 4. The van der Waals surface area contributed by atoms with Crippen molar-refractivity contribution in [2.75, 3.05) is 20.8 Å². The number of hydrogen-bond donors (Lipinski definition) is 1. The molecule has 0 saturated heterocycles. The molecule has 0 atom stereocenters. The fourth-order valence-electron chi connectivity index (χ4n) is 2.28. The van der Waals surface area contributed by atoms with E-state index in [2.05, 4.69) is 18.0 Å². The Balaban J connectivity index is 1.96. The van der Waals surface area contributed by atoms with Gasteiger partial charge in [-0.2, -0.15) is 0 Å². The second-order valence-electron chi connectivity index (χ2n) is 5.69. The van der Waals surface area contributed by atoms with Gasteiger partial charge >= 0.3 is 0 Å². The first-order valence-electron chi connectivity index (χ1n) is 7.90. The molecule has 0 aliphatic carbocycles.